The van der Waals surface area contributed by atoms with Crippen LogP contribution in [0.2, 0.25) is 0 Å². The van der Waals surface area contributed by atoms with E-state index in [1.165, 1.54) is 19.2 Å². The Morgan fingerprint density at radius 3 is 2.53 bits per heavy atom. The van der Waals surface area contributed by atoms with Crippen molar-refractivity contribution >= 4 is 26.0 Å². The van der Waals surface area contributed by atoms with E-state index in [0.29, 0.717) is 4.47 Å². The van der Waals surface area contributed by atoms with Gasteiger partial charge in [-0.15, -0.1) is 0 Å². The van der Waals surface area contributed by atoms with E-state index >= 15 is 0 Å². The number of nitrogens with two attached hydrogens (primary N) is 1. The van der Waals surface area contributed by atoms with Gasteiger partial charge in [-0.3, -0.25) is 0 Å². The lowest BCUT2D eigenvalue weighted by Gasteiger charge is -2.16. The van der Waals surface area contributed by atoms with Crippen LogP contribution in [0.3, 0.4) is 0 Å². The Labute approximate surface area is 109 Å². The zero-order valence-electron chi connectivity index (χ0n) is 9.57. The summed E-state index contributed by atoms with van der Waals surface area (Å²) in [4.78, 5) is -0.350. The van der Waals surface area contributed by atoms with Crippen molar-refractivity contribution in [1.82, 2.24) is 4.31 Å². The minimum atomic E-state index is -3.80. The van der Waals surface area contributed by atoms with Crippen LogP contribution in [0.15, 0.2) is 21.5 Å². The first-order valence-corrected chi connectivity index (χ1v) is 7.22. The molecule has 1 aromatic rings. The molecule has 0 amide bonds. The van der Waals surface area contributed by atoms with Gasteiger partial charge in [0.25, 0.3) is 0 Å². The van der Waals surface area contributed by atoms with Gasteiger partial charge in [-0.2, -0.15) is 0 Å². The summed E-state index contributed by atoms with van der Waals surface area (Å²) in [5, 5.41) is 0. The van der Waals surface area contributed by atoms with Gasteiger partial charge in [0.05, 0.1) is 0 Å². The van der Waals surface area contributed by atoms with Crippen molar-refractivity contribution in [3.8, 4) is 0 Å². The third kappa shape index (κ3) is 2.85. The third-order valence-electron chi connectivity index (χ3n) is 2.43. The lowest BCUT2D eigenvalue weighted by molar-refractivity contribution is 0.476. The molecule has 17 heavy (non-hydrogen) atoms. The highest BCUT2D eigenvalue weighted by Crippen LogP contribution is 2.25. The van der Waals surface area contributed by atoms with Gasteiger partial charge in [0.15, 0.2) is 0 Å². The molecule has 1 rings (SSSR count). The minimum Gasteiger partial charge on any atom is -0.326 e. The summed E-state index contributed by atoms with van der Waals surface area (Å²) in [6.45, 7) is 1.90. The lowest BCUT2D eigenvalue weighted by atomic mass is 10.2. The quantitative estimate of drug-likeness (QED) is 0.916. The number of hydrogen-bond acceptors (Lipinski definition) is 3. The molecule has 0 atom stereocenters. The first-order chi connectivity index (χ1) is 7.84. The fourth-order valence-electron chi connectivity index (χ4n) is 1.29. The molecule has 0 aliphatic carbocycles. The zero-order valence-corrected chi connectivity index (χ0v) is 12.0. The molecular formula is C10H14BrFN2O2S. The first-order valence-electron chi connectivity index (χ1n) is 4.99. The summed E-state index contributed by atoms with van der Waals surface area (Å²) in [5.74, 6) is -0.781. The molecule has 0 saturated heterocycles. The molecule has 0 bridgehead atoms. The second-order valence-corrected chi connectivity index (χ2v) is 6.43. The van der Waals surface area contributed by atoms with Gasteiger partial charge in [-0.05, 0) is 12.1 Å². The van der Waals surface area contributed by atoms with E-state index in [9.17, 15) is 12.8 Å². The molecule has 0 saturated carbocycles. The monoisotopic (exact) mass is 324 g/mol. The molecular weight excluding hydrogens is 311 g/mol. The standard InChI is InChI=1S/C10H14BrFN2O2S/c1-3-14(2)17(15,16)9-5-8(11)4-7(6-13)10(9)12/h4-5H,3,6,13H2,1-2H3. The lowest BCUT2D eigenvalue weighted by Crippen LogP contribution is -2.27. The van der Waals surface area contributed by atoms with Crippen molar-refractivity contribution in [2.45, 2.75) is 18.4 Å². The van der Waals surface area contributed by atoms with E-state index in [4.69, 9.17) is 5.73 Å². The van der Waals surface area contributed by atoms with Gasteiger partial charge in [-0.1, -0.05) is 22.9 Å². The van der Waals surface area contributed by atoms with Crippen molar-refractivity contribution in [3.63, 3.8) is 0 Å². The van der Waals surface area contributed by atoms with E-state index in [1.807, 2.05) is 0 Å². The van der Waals surface area contributed by atoms with E-state index in [0.717, 1.165) is 4.31 Å². The van der Waals surface area contributed by atoms with Crippen LogP contribution >= 0.6 is 15.9 Å². The van der Waals surface area contributed by atoms with Gasteiger partial charge in [0, 0.05) is 30.2 Å². The van der Waals surface area contributed by atoms with Gasteiger partial charge in [-0.25, -0.2) is 17.1 Å². The van der Waals surface area contributed by atoms with Crippen molar-refractivity contribution in [2.75, 3.05) is 13.6 Å². The number of benzene rings is 1. The predicted octanol–water partition coefficient (Wildman–Crippen LogP) is 1.69. The van der Waals surface area contributed by atoms with Crippen LogP contribution in [0.4, 0.5) is 4.39 Å². The molecule has 0 fully saturated rings. The Morgan fingerprint density at radius 1 is 1.47 bits per heavy atom. The van der Waals surface area contributed by atoms with Crippen molar-refractivity contribution < 1.29 is 12.8 Å². The Morgan fingerprint density at radius 2 is 2.06 bits per heavy atom. The normalized spacial score (nSPS) is 12.1. The molecule has 0 spiro atoms. The van der Waals surface area contributed by atoms with Crippen LogP contribution in [-0.2, 0) is 16.6 Å². The van der Waals surface area contributed by atoms with E-state index in [-0.39, 0.29) is 23.5 Å². The Kier molecular flexibility index (Phi) is 4.65. The van der Waals surface area contributed by atoms with Gasteiger partial charge in [0.1, 0.15) is 10.7 Å². The van der Waals surface area contributed by atoms with Crippen LogP contribution in [0.5, 0.6) is 0 Å². The van der Waals surface area contributed by atoms with Crippen molar-refractivity contribution in [1.29, 1.82) is 0 Å². The number of nitrogens with zero attached hydrogens (tertiary/aromatic N) is 1. The number of halogens is 2. The summed E-state index contributed by atoms with van der Waals surface area (Å²) >= 11 is 3.15. The largest absolute Gasteiger partial charge is 0.326 e. The Hall–Kier alpha value is -0.500. The second kappa shape index (κ2) is 5.43. The molecule has 0 aliphatic rings. The maximum Gasteiger partial charge on any atom is 0.245 e. The van der Waals surface area contributed by atoms with Crippen LogP contribution < -0.4 is 5.73 Å². The average molecular weight is 325 g/mol. The van der Waals surface area contributed by atoms with E-state index < -0.39 is 15.8 Å². The maximum absolute atomic E-state index is 13.9. The highest BCUT2D eigenvalue weighted by Gasteiger charge is 2.25. The van der Waals surface area contributed by atoms with Crippen LogP contribution in [0, 0.1) is 5.82 Å². The fourth-order valence-corrected chi connectivity index (χ4v) is 3.26. The first kappa shape index (κ1) is 14.6. The molecule has 1 aromatic carbocycles. The Bertz CT molecular complexity index is 519. The van der Waals surface area contributed by atoms with E-state index in [2.05, 4.69) is 15.9 Å². The summed E-state index contributed by atoms with van der Waals surface area (Å²) in [7, 11) is -2.40. The van der Waals surface area contributed by atoms with Gasteiger partial charge >= 0.3 is 0 Å². The third-order valence-corrected chi connectivity index (χ3v) is 4.82. The summed E-state index contributed by atoms with van der Waals surface area (Å²) in [5.41, 5.74) is 5.54. The fraction of sp³-hybridized carbons (Fsp3) is 0.400. The highest BCUT2D eigenvalue weighted by atomic mass is 79.9. The SMILES string of the molecule is CCN(C)S(=O)(=O)c1cc(Br)cc(CN)c1F. The minimum absolute atomic E-state index is 0.0520. The molecule has 7 heteroatoms. The predicted molar refractivity (Wildman–Crippen MR) is 67.5 cm³/mol. The van der Waals surface area contributed by atoms with Crippen molar-refractivity contribution in [3.05, 3.63) is 28.0 Å². The average Bonchev–Trinajstić information content (AvgIpc) is 2.30. The molecule has 0 heterocycles. The number of hydrogen-bond donors (Lipinski definition) is 1. The summed E-state index contributed by atoms with van der Waals surface area (Å²) in [6.07, 6.45) is 0. The van der Waals surface area contributed by atoms with Gasteiger partial charge in [0.2, 0.25) is 10.0 Å². The molecule has 96 valence electrons. The molecule has 0 radical (unpaired) electrons. The maximum atomic E-state index is 13.9. The van der Waals surface area contributed by atoms with Crippen LogP contribution in [0.25, 0.3) is 0 Å². The zero-order chi connectivity index (χ0) is 13.2. The second-order valence-electron chi connectivity index (χ2n) is 3.50. The summed E-state index contributed by atoms with van der Waals surface area (Å²) < 4.78 is 39.6. The van der Waals surface area contributed by atoms with Crippen molar-refractivity contribution in [2.24, 2.45) is 5.73 Å². The molecule has 2 N–H and O–H groups in total. The van der Waals surface area contributed by atoms with Crippen LogP contribution in [0.1, 0.15) is 12.5 Å². The topological polar surface area (TPSA) is 63.4 Å². The molecule has 4 nitrogen and oxygen atoms in total. The molecule has 0 aromatic heterocycles. The highest BCUT2D eigenvalue weighted by molar-refractivity contribution is 9.10. The molecule has 0 aliphatic heterocycles. The smallest absolute Gasteiger partial charge is 0.245 e. The number of rotatable bonds is 4. The number of sulfonamides is 1. The van der Waals surface area contributed by atoms with E-state index in [1.54, 1.807) is 6.92 Å². The summed E-state index contributed by atoms with van der Waals surface area (Å²) in [6, 6.07) is 2.72. The van der Waals surface area contributed by atoms with Crippen LogP contribution in [-0.4, -0.2) is 26.3 Å². The van der Waals surface area contributed by atoms with Gasteiger partial charge < -0.3 is 5.73 Å². The molecule has 0 unspecified atom stereocenters. The Balaban J connectivity index is 3.47.